The van der Waals surface area contributed by atoms with Gasteiger partial charge in [0.2, 0.25) is 0 Å². The van der Waals surface area contributed by atoms with Crippen LogP contribution in [0.1, 0.15) is 37.3 Å². The fraction of sp³-hybridized carbons (Fsp3) is 0.450. The molecule has 5 rings (SSSR count). The van der Waals surface area contributed by atoms with Crippen LogP contribution in [0.5, 0.6) is 0 Å². The number of hydrogen-bond acceptors (Lipinski definition) is 3. The minimum Gasteiger partial charge on any atom is -0.319 e. The quantitative estimate of drug-likeness (QED) is 0.845. The molecule has 1 aromatic carbocycles. The number of aromatic nitrogens is 2. The van der Waals surface area contributed by atoms with Gasteiger partial charge in [-0.25, -0.2) is 9.18 Å². The molecule has 0 bridgehead atoms. The van der Waals surface area contributed by atoms with Gasteiger partial charge in [0.1, 0.15) is 5.82 Å². The van der Waals surface area contributed by atoms with Gasteiger partial charge in [-0.2, -0.15) is 0 Å². The van der Waals surface area contributed by atoms with E-state index in [1.54, 1.807) is 24.5 Å². The van der Waals surface area contributed by atoms with Crippen molar-refractivity contribution in [2.75, 3.05) is 11.4 Å². The number of carbonyl (C=O) groups excluding carboxylic acids is 1. The Labute approximate surface area is 151 Å². The molecular weight excluding hydrogens is 331 g/mol. The topological polar surface area (TPSA) is 49.3 Å². The highest BCUT2D eigenvalue weighted by molar-refractivity contribution is 5.96. The summed E-state index contributed by atoms with van der Waals surface area (Å²) < 4.78 is 13.4. The average Bonchev–Trinajstić information content (AvgIpc) is 3.33. The number of fused-ring (bicyclic) bond motifs is 1. The van der Waals surface area contributed by atoms with Crippen molar-refractivity contribution < 1.29 is 9.18 Å². The first-order valence-electron chi connectivity index (χ1n) is 9.33. The number of hydrogen-bond donors (Lipinski definition) is 0. The Morgan fingerprint density at radius 1 is 1.08 bits per heavy atom. The lowest BCUT2D eigenvalue weighted by molar-refractivity contribution is 0.201. The predicted molar refractivity (Wildman–Crippen MR) is 95.3 cm³/mol. The van der Waals surface area contributed by atoms with E-state index >= 15 is 0 Å². The van der Waals surface area contributed by atoms with Crippen LogP contribution in [0.25, 0.3) is 0 Å². The third kappa shape index (κ3) is 2.55. The number of urea groups is 1. The zero-order chi connectivity index (χ0) is 17.7. The Kier molecular flexibility index (Phi) is 3.65. The molecular formula is C20H21FN4O. The van der Waals surface area contributed by atoms with E-state index in [4.69, 9.17) is 0 Å². The summed E-state index contributed by atoms with van der Waals surface area (Å²) in [6.07, 6.45) is 9.58. The molecule has 1 saturated heterocycles. The Bertz CT molecular complexity index is 808. The van der Waals surface area contributed by atoms with Crippen LogP contribution in [-0.4, -0.2) is 39.5 Å². The molecule has 134 valence electrons. The van der Waals surface area contributed by atoms with Crippen molar-refractivity contribution in [1.29, 1.82) is 0 Å². The number of carbonyl (C=O) groups is 1. The molecule has 3 atom stereocenters. The number of anilines is 1. The smallest absolute Gasteiger partial charge is 0.319 e. The van der Waals surface area contributed by atoms with E-state index in [1.807, 2.05) is 11.1 Å². The van der Waals surface area contributed by atoms with Crippen molar-refractivity contribution in [2.45, 2.75) is 43.7 Å². The van der Waals surface area contributed by atoms with Crippen LogP contribution >= 0.6 is 0 Å². The van der Waals surface area contributed by atoms with E-state index in [1.165, 1.54) is 25.0 Å². The summed E-state index contributed by atoms with van der Waals surface area (Å²) in [4.78, 5) is 25.9. The summed E-state index contributed by atoms with van der Waals surface area (Å²) in [5, 5.41) is 0. The highest BCUT2D eigenvalue weighted by Crippen LogP contribution is 2.47. The van der Waals surface area contributed by atoms with Crippen LogP contribution < -0.4 is 4.90 Å². The summed E-state index contributed by atoms with van der Waals surface area (Å²) >= 11 is 0. The number of rotatable bonds is 4. The van der Waals surface area contributed by atoms with E-state index in [0.717, 1.165) is 30.8 Å². The fourth-order valence-corrected chi connectivity index (χ4v) is 4.56. The molecule has 0 radical (unpaired) electrons. The van der Waals surface area contributed by atoms with Crippen LogP contribution in [0.4, 0.5) is 14.9 Å². The Hall–Kier alpha value is -2.50. The van der Waals surface area contributed by atoms with Crippen molar-refractivity contribution in [1.82, 2.24) is 14.9 Å². The summed E-state index contributed by atoms with van der Waals surface area (Å²) in [5.41, 5.74) is 1.70. The first-order chi connectivity index (χ1) is 12.7. The highest BCUT2D eigenvalue weighted by atomic mass is 19.1. The SMILES string of the molecule is O=C1N(CC2CC2)[C@H]2CC[C@@H](c3cnccn3)[C@H]2N1c1ccc(F)cc1. The van der Waals surface area contributed by atoms with Crippen LogP contribution in [0, 0.1) is 11.7 Å². The Morgan fingerprint density at radius 3 is 2.58 bits per heavy atom. The van der Waals surface area contributed by atoms with Gasteiger partial charge in [-0.1, -0.05) is 0 Å². The molecule has 3 fully saturated rings. The minimum absolute atomic E-state index is 0.0309. The molecule has 2 saturated carbocycles. The Balaban J connectivity index is 1.54. The molecule has 2 aromatic rings. The van der Waals surface area contributed by atoms with E-state index in [0.29, 0.717) is 5.92 Å². The predicted octanol–water partition coefficient (Wildman–Crippen LogP) is 3.58. The van der Waals surface area contributed by atoms with Gasteiger partial charge in [-0.3, -0.25) is 14.9 Å². The molecule has 2 amide bonds. The molecule has 1 aromatic heterocycles. The molecule has 3 aliphatic rings. The number of nitrogens with zero attached hydrogens (tertiary/aromatic N) is 4. The van der Waals surface area contributed by atoms with Gasteiger partial charge in [0.15, 0.2) is 0 Å². The number of halogens is 1. The molecule has 6 heteroatoms. The second-order valence-corrected chi connectivity index (χ2v) is 7.60. The van der Waals surface area contributed by atoms with Gasteiger partial charge in [0.05, 0.1) is 17.8 Å². The van der Waals surface area contributed by atoms with Crippen molar-refractivity contribution in [3.05, 3.63) is 54.4 Å². The summed E-state index contributed by atoms with van der Waals surface area (Å²) in [7, 11) is 0. The summed E-state index contributed by atoms with van der Waals surface area (Å²) in [6, 6.07) is 6.53. The second-order valence-electron chi connectivity index (χ2n) is 7.60. The maximum absolute atomic E-state index is 13.4. The van der Waals surface area contributed by atoms with E-state index < -0.39 is 0 Å². The van der Waals surface area contributed by atoms with Gasteiger partial charge in [-0.05, 0) is 55.9 Å². The van der Waals surface area contributed by atoms with Crippen molar-refractivity contribution in [3.8, 4) is 0 Å². The highest BCUT2D eigenvalue weighted by Gasteiger charge is 2.54. The largest absolute Gasteiger partial charge is 0.325 e. The summed E-state index contributed by atoms with van der Waals surface area (Å²) in [5.74, 6) is 0.513. The first kappa shape index (κ1) is 15.7. The lowest BCUT2D eigenvalue weighted by Crippen LogP contribution is -2.38. The molecule has 0 spiro atoms. The second kappa shape index (κ2) is 6.04. The maximum atomic E-state index is 13.4. The van der Waals surface area contributed by atoms with Crippen LogP contribution in [0.15, 0.2) is 42.9 Å². The van der Waals surface area contributed by atoms with E-state index in [-0.39, 0.29) is 29.8 Å². The molecule has 0 N–H and O–H groups in total. The fourth-order valence-electron chi connectivity index (χ4n) is 4.56. The van der Waals surface area contributed by atoms with Gasteiger partial charge in [-0.15, -0.1) is 0 Å². The third-order valence-corrected chi connectivity index (χ3v) is 5.95. The zero-order valence-electron chi connectivity index (χ0n) is 14.5. The molecule has 5 nitrogen and oxygen atoms in total. The normalized spacial score (nSPS) is 27.9. The molecule has 1 aliphatic heterocycles. The van der Waals surface area contributed by atoms with Crippen molar-refractivity contribution in [3.63, 3.8) is 0 Å². The number of benzene rings is 1. The minimum atomic E-state index is -0.288. The average molecular weight is 352 g/mol. The molecule has 2 heterocycles. The zero-order valence-corrected chi connectivity index (χ0v) is 14.5. The van der Waals surface area contributed by atoms with Gasteiger partial charge in [0.25, 0.3) is 0 Å². The van der Waals surface area contributed by atoms with E-state index in [9.17, 15) is 9.18 Å². The third-order valence-electron chi connectivity index (χ3n) is 5.95. The Morgan fingerprint density at radius 2 is 1.88 bits per heavy atom. The molecule has 26 heavy (non-hydrogen) atoms. The van der Waals surface area contributed by atoms with E-state index in [2.05, 4.69) is 14.9 Å². The summed E-state index contributed by atoms with van der Waals surface area (Å²) in [6.45, 7) is 0.838. The lowest BCUT2D eigenvalue weighted by atomic mass is 9.97. The van der Waals surface area contributed by atoms with Crippen molar-refractivity contribution in [2.24, 2.45) is 5.92 Å². The van der Waals surface area contributed by atoms with Crippen LogP contribution in [0.3, 0.4) is 0 Å². The maximum Gasteiger partial charge on any atom is 0.325 e. The standard InChI is InChI=1S/C20H21FN4O/c21-14-3-5-15(6-4-14)25-19-16(17-11-22-9-10-23-17)7-8-18(19)24(20(25)26)12-13-1-2-13/h3-6,9-11,13,16,18-19H,1-2,7-8,12H2/t16-,18-,19+/m0/s1. The van der Waals surface area contributed by atoms with Crippen LogP contribution in [0.2, 0.25) is 0 Å². The first-order valence-corrected chi connectivity index (χ1v) is 9.33. The monoisotopic (exact) mass is 352 g/mol. The molecule has 0 unspecified atom stereocenters. The lowest BCUT2D eigenvalue weighted by Gasteiger charge is -2.27. The molecule has 2 aliphatic carbocycles. The van der Waals surface area contributed by atoms with Gasteiger partial charge in [0, 0.05) is 36.7 Å². The van der Waals surface area contributed by atoms with Gasteiger partial charge >= 0.3 is 6.03 Å². The van der Waals surface area contributed by atoms with Gasteiger partial charge < -0.3 is 4.90 Å². The number of amides is 2. The van der Waals surface area contributed by atoms with Crippen molar-refractivity contribution >= 4 is 11.7 Å². The van der Waals surface area contributed by atoms with Crippen LogP contribution in [-0.2, 0) is 0 Å².